The molecule has 316 valence electrons. The van der Waals surface area contributed by atoms with Gasteiger partial charge in [0.1, 0.15) is 13.2 Å². The first-order valence-corrected chi connectivity index (χ1v) is 21.7. The second-order valence-electron chi connectivity index (χ2n) is 13.5. The summed E-state index contributed by atoms with van der Waals surface area (Å²) in [5, 5.41) is 0. The number of carbonyl (C=O) groups is 3. The molecule has 6 nitrogen and oxygen atoms in total. The van der Waals surface area contributed by atoms with Gasteiger partial charge in [-0.2, -0.15) is 0 Å². The quantitative estimate of drug-likeness (QED) is 0.0207. The summed E-state index contributed by atoms with van der Waals surface area (Å²) in [5.41, 5.74) is 0. The lowest BCUT2D eigenvalue weighted by atomic mass is 10.1. The van der Waals surface area contributed by atoms with Gasteiger partial charge in [0.15, 0.2) is 6.10 Å². The van der Waals surface area contributed by atoms with Crippen molar-refractivity contribution in [3.05, 3.63) is 134 Å². The summed E-state index contributed by atoms with van der Waals surface area (Å²) in [6, 6.07) is 0. The van der Waals surface area contributed by atoms with Crippen molar-refractivity contribution in [2.45, 2.75) is 155 Å². The van der Waals surface area contributed by atoms with Crippen LogP contribution in [0.2, 0.25) is 0 Å². The van der Waals surface area contributed by atoms with Crippen LogP contribution in [0.3, 0.4) is 0 Å². The van der Waals surface area contributed by atoms with Crippen LogP contribution in [-0.4, -0.2) is 37.2 Å². The van der Waals surface area contributed by atoms with Crippen LogP contribution in [0.4, 0.5) is 0 Å². The molecule has 0 amide bonds. The molecular weight excluding hydrogens is 709 g/mol. The molecule has 0 N–H and O–H groups in total. The third-order valence-electron chi connectivity index (χ3n) is 8.23. The van der Waals surface area contributed by atoms with E-state index in [0.29, 0.717) is 6.42 Å². The summed E-state index contributed by atoms with van der Waals surface area (Å²) in [6.45, 7) is 6.06. The van der Waals surface area contributed by atoms with Crippen molar-refractivity contribution in [2.24, 2.45) is 0 Å². The van der Waals surface area contributed by atoms with Gasteiger partial charge in [0.05, 0.1) is 6.42 Å². The Labute approximate surface area is 347 Å². The lowest BCUT2D eigenvalue weighted by Crippen LogP contribution is -2.30. The Bertz CT molecular complexity index is 1320. The van der Waals surface area contributed by atoms with Gasteiger partial charge in [-0.1, -0.05) is 174 Å². The fourth-order valence-electron chi connectivity index (χ4n) is 5.06. The van der Waals surface area contributed by atoms with E-state index in [1.807, 2.05) is 18.2 Å². The zero-order chi connectivity index (χ0) is 41.5. The smallest absolute Gasteiger partial charge is 0.309 e. The van der Waals surface area contributed by atoms with Crippen LogP contribution in [0.25, 0.3) is 0 Å². The Morgan fingerprint density at radius 2 is 0.807 bits per heavy atom. The van der Waals surface area contributed by atoms with Crippen molar-refractivity contribution >= 4 is 17.9 Å². The summed E-state index contributed by atoms with van der Waals surface area (Å²) >= 11 is 0. The minimum atomic E-state index is -0.849. The van der Waals surface area contributed by atoms with Crippen molar-refractivity contribution in [1.82, 2.24) is 0 Å². The van der Waals surface area contributed by atoms with Crippen LogP contribution in [-0.2, 0) is 28.6 Å². The fraction of sp³-hybridized carbons (Fsp3) is 0.510. The molecule has 0 saturated carbocycles. The van der Waals surface area contributed by atoms with Gasteiger partial charge in [0.25, 0.3) is 0 Å². The normalized spacial score (nSPS) is 13.4. The van der Waals surface area contributed by atoms with Gasteiger partial charge in [-0.3, -0.25) is 14.4 Å². The second kappa shape index (κ2) is 44.3. The molecule has 0 aliphatic rings. The van der Waals surface area contributed by atoms with Crippen molar-refractivity contribution < 1.29 is 28.6 Å². The van der Waals surface area contributed by atoms with E-state index in [1.165, 1.54) is 0 Å². The lowest BCUT2D eigenvalue weighted by Gasteiger charge is -2.18. The molecule has 0 rings (SSSR count). The number of unbranched alkanes of at least 4 members (excludes halogenated alkanes) is 6. The second-order valence-corrected chi connectivity index (χ2v) is 13.5. The summed E-state index contributed by atoms with van der Waals surface area (Å²) in [7, 11) is 0. The van der Waals surface area contributed by atoms with Gasteiger partial charge >= 0.3 is 17.9 Å². The standard InChI is InChI=1S/C51H76O6/c1-4-7-10-13-16-19-21-23-24-25-26-28-29-32-35-38-41-44-50(53)56-47-48(46-55-49(52)43-40-37-34-31-18-15-12-9-6-3)57-51(54)45-42-39-36-33-30-27-22-20-17-14-11-8-5-2/h7-12,14,16-20,22-24,26,28,31-32,35,37,40,48H,4-6,13,15,21,25,27,29-30,33-34,36,38-39,41-47H2,1-3H3/b10-7-,11-8-,12-9-,17-14-,19-16-,22-20-,24-23-,28-26-,31-18-,35-32-,40-37-. The van der Waals surface area contributed by atoms with Crippen LogP contribution in [0, 0.1) is 0 Å². The Hall–Kier alpha value is -4.45. The Morgan fingerprint density at radius 1 is 0.386 bits per heavy atom. The SMILES string of the molecule is CC\C=C/C=C\C=C/CCCCCCCC(=O)OC(COC(=O)C/C=C\C/C=C\C/C=C\CC)COC(=O)CCC/C=C\C/C=C\C/C=C\C/C=C\C/C=C\CC. The monoisotopic (exact) mass is 785 g/mol. The van der Waals surface area contributed by atoms with Gasteiger partial charge in [0.2, 0.25) is 0 Å². The van der Waals surface area contributed by atoms with Crippen LogP contribution >= 0.6 is 0 Å². The summed E-state index contributed by atoms with van der Waals surface area (Å²) < 4.78 is 16.5. The maximum absolute atomic E-state index is 12.7. The van der Waals surface area contributed by atoms with Gasteiger partial charge in [-0.15, -0.1) is 0 Å². The molecule has 0 radical (unpaired) electrons. The van der Waals surface area contributed by atoms with E-state index in [9.17, 15) is 14.4 Å². The van der Waals surface area contributed by atoms with Crippen LogP contribution in [0.15, 0.2) is 134 Å². The molecule has 0 bridgehead atoms. The number of hydrogen-bond donors (Lipinski definition) is 0. The van der Waals surface area contributed by atoms with Crippen LogP contribution < -0.4 is 0 Å². The van der Waals surface area contributed by atoms with Gasteiger partial charge in [0, 0.05) is 12.8 Å². The number of rotatable bonds is 36. The Morgan fingerprint density at radius 3 is 1.37 bits per heavy atom. The van der Waals surface area contributed by atoms with E-state index in [2.05, 4.69) is 130 Å². The van der Waals surface area contributed by atoms with E-state index in [4.69, 9.17) is 14.2 Å². The third-order valence-corrected chi connectivity index (χ3v) is 8.23. The molecule has 0 spiro atoms. The molecule has 0 aliphatic carbocycles. The molecule has 57 heavy (non-hydrogen) atoms. The Balaban J connectivity index is 4.59. The highest BCUT2D eigenvalue weighted by atomic mass is 16.6. The molecule has 0 aliphatic heterocycles. The highest BCUT2D eigenvalue weighted by Crippen LogP contribution is 2.10. The lowest BCUT2D eigenvalue weighted by molar-refractivity contribution is -0.166. The highest BCUT2D eigenvalue weighted by molar-refractivity contribution is 5.72. The summed E-state index contributed by atoms with van der Waals surface area (Å²) in [5.74, 6) is -1.17. The molecule has 0 fully saturated rings. The predicted molar refractivity (Wildman–Crippen MR) is 242 cm³/mol. The molecule has 0 saturated heterocycles. The highest BCUT2D eigenvalue weighted by Gasteiger charge is 2.19. The average molecular weight is 785 g/mol. The number of allylic oxidation sites excluding steroid dienone is 21. The average Bonchev–Trinajstić information content (AvgIpc) is 3.21. The third kappa shape index (κ3) is 42.5. The zero-order valence-electron chi connectivity index (χ0n) is 35.8. The number of ether oxygens (including phenoxy) is 3. The van der Waals surface area contributed by atoms with E-state index in [1.54, 1.807) is 6.08 Å². The number of hydrogen-bond acceptors (Lipinski definition) is 6. The first-order valence-electron chi connectivity index (χ1n) is 21.7. The van der Waals surface area contributed by atoms with E-state index in [0.717, 1.165) is 103 Å². The van der Waals surface area contributed by atoms with Crippen LogP contribution in [0.5, 0.6) is 0 Å². The number of esters is 3. The minimum Gasteiger partial charge on any atom is -0.462 e. The Kier molecular flexibility index (Phi) is 40.8. The van der Waals surface area contributed by atoms with Gasteiger partial charge < -0.3 is 14.2 Å². The maximum atomic E-state index is 12.7. The molecule has 0 heterocycles. The van der Waals surface area contributed by atoms with Crippen molar-refractivity contribution in [2.75, 3.05) is 13.2 Å². The van der Waals surface area contributed by atoms with E-state index < -0.39 is 12.1 Å². The van der Waals surface area contributed by atoms with Crippen molar-refractivity contribution in [3.63, 3.8) is 0 Å². The van der Waals surface area contributed by atoms with Crippen molar-refractivity contribution in [1.29, 1.82) is 0 Å². The van der Waals surface area contributed by atoms with E-state index in [-0.39, 0.29) is 44.4 Å². The number of carbonyl (C=O) groups excluding carboxylic acids is 3. The summed E-state index contributed by atoms with van der Waals surface area (Å²) in [4.78, 5) is 37.6. The van der Waals surface area contributed by atoms with Gasteiger partial charge in [-0.05, 0) is 89.9 Å². The van der Waals surface area contributed by atoms with Crippen LogP contribution in [0.1, 0.15) is 149 Å². The van der Waals surface area contributed by atoms with Gasteiger partial charge in [-0.25, -0.2) is 0 Å². The van der Waals surface area contributed by atoms with Crippen molar-refractivity contribution in [3.8, 4) is 0 Å². The molecule has 0 aromatic heterocycles. The first kappa shape index (κ1) is 52.6. The maximum Gasteiger partial charge on any atom is 0.309 e. The minimum absolute atomic E-state index is 0.114. The summed E-state index contributed by atoms with van der Waals surface area (Å²) in [6.07, 6.45) is 61.9. The molecule has 1 atom stereocenters. The topological polar surface area (TPSA) is 78.9 Å². The molecule has 6 heteroatoms. The predicted octanol–water partition coefficient (Wildman–Crippen LogP) is 14.0. The zero-order valence-corrected chi connectivity index (χ0v) is 35.8. The fourth-order valence-corrected chi connectivity index (χ4v) is 5.06. The molecule has 0 aromatic rings. The largest absolute Gasteiger partial charge is 0.462 e. The molecule has 0 aromatic carbocycles. The van der Waals surface area contributed by atoms with E-state index >= 15 is 0 Å². The molecular formula is C51H76O6. The molecule has 1 unspecified atom stereocenters. The first-order chi connectivity index (χ1) is 28.0.